The number of nitrogens with two attached hydrogens (primary N) is 1. The Bertz CT molecular complexity index is 277. The van der Waals surface area contributed by atoms with Gasteiger partial charge in [-0.3, -0.25) is 0 Å². The first-order valence-electron chi connectivity index (χ1n) is 5.09. The maximum absolute atomic E-state index is 5.29. The number of nitrogens with one attached hydrogen (secondary N) is 1. The van der Waals surface area contributed by atoms with Crippen LogP contribution in [0.2, 0.25) is 0 Å². The molecule has 1 aromatic rings. The van der Waals surface area contributed by atoms with Gasteiger partial charge in [-0.05, 0) is 0 Å². The van der Waals surface area contributed by atoms with Crippen LogP contribution in [0.5, 0.6) is 0 Å². The molecule has 1 aromatic heterocycles. The fourth-order valence-corrected chi connectivity index (χ4v) is 1.69. The van der Waals surface area contributed by atoms with Gasteiger partial charge >= 0.3 is 0 Å². The van der Waals surface area contributed by atoms with Crippen molar-refractivity contribution < 1.29 is 4.74 Å². The van der Waals surface area contributed by atoms with E-state index in [4.69, 9.17) is 10.5 Å². The summed E-state index contributed by atoms with van der Waals surface area (Å²) < 4.78 is 9.47. The van der Waals surface area contributed by atoms with Gasteiger partial charge in [0.25, 0.3) is 0 Å². The lowest BCUT2D eigenvalue weighted by Crippen LogP contribution is -2.14. The van der Waals surface area contributed by atoms with Crippen molar-refractivity contribution in [2.75, 3.05) is 31.6 Å². The Hall–Kier alpha value is -0.720. The molecule has 0 atom stereocenters. The zero-order valence-electron chi connectivity index (χ0n) is 9.19. The highest BCUT2D eigenvalue weighted by atomic mass is 32.1. The third kappa shape index (κ3) is 4.55. The lowest BCUT2D eigenvalue weighted by molar-refractivity contribution is 0.151. The predicted molar refractivity (Wildman–Crippen MR) is 62.4 cm³/mol. The van der Waals surface area contributed by atoms with Gasteiger partial charge in [-0.2, -0.15) is 4.37 Å². The van der Waals surface area contributed by atoms with Crippen molar-refractivity contribution in [1.29, 1.82) is 0 Å². The van der Waals surface area contributed by atoms with Crippen LogP contribution in [0.4, 0.5) is 5.13 Å². The van der Waals surface area contributed by atoms with Crippen molar-refractivity contribution in [3.05, 3.63) is 5.82 Å². The van der Waals surface area contributed by atoms with Crippen molar-refractivity contribution in [3.63, 3.8) is 0 Å². The van der Waals surface area contributed by atoms with Crippen LogP contribution in [0.3, 0.4) is 0 Å². The van der Waals surface area contributed by atoms with Crippen LogP contribution in [0, 0.1) is 0 Å². The number of hydrogen-bond donors (Lipinski definition) is 2. The van der Waals surface area contributed by atoms with E-state index in [9.17, 15) is 0 Å². The lowest BCUT2D eigenvalue weighted by Gasteiger charge is -2.02. The van der Waals surface area contributed by atoms with Crippen molar-refractivity contribution in [3.8, 4) is 0 Å². The minimum atomic E-state index is 0.380. The Balaban J connectivity index is 2.20. The Morgan fingerprint density at radius 3 is 2.87 bits per heavy atom. The van der Waals surface area contributed by atoms with Crippen molar-refractivity contribution >= 4 is 16.7 Å². The molecule has 15 heavy (non-hydrogen) atoms. The van der Waals surface area contributed by atoms with E-state index in [2.05, 4.69) is 28.5 Å². The largest absolute Gasteiger partial charge is 0.378 e. The first kappa shape index (κ1) is 12.4. The first-order valence-corrected chi connectivity index (χ1v) is 5.86. The minimum absolute atomic E-state index is 0.380. The molecule has 0 spiro atoms. The molecule has 6 heteroatoms. The van der Waals surface area contributed by atoms with Crippen molar-refractivity contribution in [2.45, 2.75) is 19.8 Å². The fraction of sp³-hybridized carbons (Fsp3) is 0.778. The topological polar surface area (TPSA) is 73.1 Å². The van der Waals surface area contributed by atoms with Gasteiger partial charge in [0.15, 0.2) is 0 Å². The van der Waals surface area contributed by atoms with Crippen LogP contribution in [-0.2, 0) is 4.74 Å². The Morgan fingerprint density at radius 2 is 2.27 bits per heavy atom. The van der Waals surface area contributed by atoms with Crippen LogP contribution in [0.15, 0.2) is 0 Å². The van der Waals surface area contributed by atoms with Gasteiger partial charge < -0.3 is 15.8 Å². The normalized spacial score (nSPS) is 10.9. The van der Waals surface area contributed by atoms with Gasteiger partial charge in [0.2, 0.25) is 5.13 Å². The molecule has 0 bridgehead atoms. The molecule has 0 aliphatic rings. The lowest BCUT2D eigenvalue weighted by atomic mass is 10.2. The molecular weight excluding hydrogens is 212 g/mol. The van der Waals surface area contributed by atoms with E-state index < -0.39 is 0 Å². The average molecular weight is 230 g/mol. The number of nitrogens with zero attached hydrogens (tertiary/aromatic N) is 2. The molecule has 0 amide bonds. The van der Waals surface area contributed by atoms with Crippen molar-refractivity contribution in [1.82, 2.24) is 9.36 Å². The van der Waals surface area contributed by atoms with Gasteiger partial charge in [-0.1, -0.05) is 13.8 Å². The van der Waals surface area contributed by atoms with E-state index in [0.29, 0.717) is 25.7 Å². The third-order valence-electron chi connectivity index (χ3n) is 1.74. The summed E-state index contributed by atoms with van der Waals surface area (Å²) in [6.07, 6.45) is 0. The number of anilines is 1. The summed E-state index contributed by atoms with van der Waals surface area (Å²) >= 11 is 1.39. The second-order valence-electron chi connectivity index (χ2n) is 3.44. The highest BCUT2D eigenvalue weighted by Crippen LogP contribution is 2.16. The van der Waals surface area contributed by atoms with Gasteiger partial charge in [0.05, 0.1) is 13.2 Å². The molecule has 86 valence electrons. The van der Waals surface area contributed by atoms with Crippen molar-refractivity contribution in [2.24, 2.45) is 5.73 Å². The fourth-order valence-electron chi connectivity index (χ4n) is 0.957. The highest BCUT2D eigenvalue weighted by molar-refractivity contribution is 7.09. The average Bonchev–Trinajstić information content (AvgIpc) is 2.66. The minimum Gasteiger partial charge on any atom is -0.378 e. The molecular formula is C9H18N4OS. The number of aromatic nitrogens is 2. The Morgan fingerprint density at radius 1 is 1.47 bits per heavy atom. The van der Waals surface area contributed by atoms with Crippen LogP contribution in [-0.4, -0.2) is 35.7 Å². The van der Waals surface area contributed by atoms with E-state index in [1.807, 2.05) is 0 Å². The zero-order valence-corrected chi connectivity index (χ0v) is 10.0. The molecule has 0 fully saturated rings. The van der Waals surface area contributed by atoms with Gasteiger partial charge in [-0.15, -0.1) is 0 Å². The molecule has 0 unspecified atom stereocenters. The van der Waals surface area contributed by atoms with E-state index in [0.717, 1.165) is 17.5 Å². The van der Waals surface area contributed by atoms with E-state index in [1.54, 1.807) is 0 Å². The second kappa shape index (κ2) is 6.71. The predicted octanol–water partition coefficient (Wildman–Crippen LogP) is 1.05. The standard InChI is InChI=1S/C9H18N4OS/c1-7(2)8-12-9(15-13-8)11-4-6-14-5-3-10/h7H,3-6,10H2,1-2H3,(H,11,12,13). The van der Waals surface area contributed by atoms with E-state index in [-0.39, 0.29) is 0 Å². The quantitative estimate of drug-likeness (QED) is 0.685. The number of hydrogen-bond acceptors (Lipinski definition) is 6. The highest BCUT2D eigenvalue weighted by Gasteiger charge is 2.06. The van der Waals surface area contributed by atoms with E-state index >= 15 is 0 Å². The van der Waals surface area contributed by atoms with Crippen LogP contribution < -0.4 is 11.1 Å². The summed E-state index contributed by atoms with van der Waals surface area (Å²) in [5, 5.41) is 4.01. The molecule has 0 aromatic carbocycles. The number of rotatable bonds is 7. The Kier molecular flexibility index (Phi) is 5.52. The SMILES string of the molecule is CC(C)c1nsc(NCCOCCN)n1. The maximum Gasteiger partial charge on any atom is 0.202 e. The number of ether oxygens (including phenoxy) is 1. The summed E-state index contributed by atoms with van der Waals surface area (Å²) in [6.45, 7) is 6.72. The van der Waals surface area contributed by atoms with E-state index in [1.165, 1.54) is 11.5 Å². The second-order valence-corrected chi connectivity index (χ2v) is 4.19. The van der Waals surface area contributed by atoms with Gasteiger partial charge in [0.1, 0.15) is 5.82 Å². The molecule has 1 heterocycles. The summed E-state index contributed by atoms with van der Waals surface area (Å²) in [7, 11) is 0. The molecule has 1 rings (SSSR count). The zero-order chi connectivity index (χ0) is 11.1. The van der Waals surface area contributed by atoms with Gasteiger partial charge in [0, 0.05) is 30.5 Å². The van der Waals surface area contributed by atoms with Crippen LogP contribution >= 0.6 is 11.5 Å². The summed E-state index contributed by atoms with van der Waals surface area (Å²) in [4.78, 5) is 4.34. The third-order valence-corrected chi connectivity index (χ3v) is 2.43. The summed E-state index contributed by atoms with van der Waals surface area (Å²) in [5.74, 6) is 1.27. The monoisotopic (exact) mass is 230 g/mol. The maximum atomic E-state index is 5.29. The van der Waals surface area contributed by atoms with Crippen LogP contribution in [0.25, 0.3) is 0 Å². The molecule has 0 aliphatic heterocycles. The van der Waals surface area contributed by atoms with Crippen LogP contribution in [0.1, 0.15) is 25.6 Å². The molecule has 5 nitrogen and oxygen atoms in total. The molecule has 3 N–H and O–H groups in total. The smallest absolute Gasteiger partial charge is 0.202 e. The summed E-state index contributed by atoms with van der Waals surface area (Å²) in [5.41, 5.74) is 5.29. The summed E-state index contributed by atoms with van der Waals surface area (Å²) in [6, 6.07) is 0. The molecule has 0 saturated heterocycles. The first-order chi connectivity index (χ1) is 7.24. The molecule has 0 aliphatic carbocycles. The molecule has 0 saturated carbocycles. The Labute approximate surface area is 94.2 Å². The molecule has 0 radical (unpaired) electrons. The van der Waals surface area contributed by atoms with Gasteiger partial charge in [-0.25, -0.2) is 4.98 Å².